The molecule has 0 unspecified atom stereocenters. The third kappa shape index (κ3) is 6.29. The van der Waals surface area contributed by atoms with Crippen LogP contribution >= 0.6 is 0 Å². The maximum absolute atomic E-state index is 11.6. The number of likely N-dealkylation sites (N-methyl/N-ethyl adjacent to an activating group) is 1. The second-order valence-corrected chi connectivity index (χ2v) is 5.49. The van der Waals surface area contributed by atoms with E-state index in [0.29, 0.717) is 0 Å². The maximum Gasteiger partial charge on any atom is 0.410 e. The van der Waals surface area contributed by atoms with E-state index in [0.717, 1.165) is 4.90 Å². The summed E-state index contributed by atoms with van der Waals surface area (Å²) in [5.41, 5.74) is -0.707. The first kappa shape index (κ1) is 18.8. The molecule has 0 fully saturated rings. The molecule has 0 saturated heterocycles. The highest BCUT2D eigenvalue weighted by molar-refractivity contribution is 5.84. The average molecular weight is 293 g/mol. The number of aliphatic hydroxyl groups excluding tert-OH is 4. The van der Waals surface area contributed by atoms with Gasteiger partial charge in [-0.2, -0.15) is 0 Å². The van der Waals surface area contributed by atoms with Crippen LogP contribution in [-0.4, -0.2) is 81.3 Å². The van der Waals surface area contributed by atoms with Crippen molar-refractivity contribution < 1.29 is 34.8 Å². The number of Topliss-reactive ketones (excluding diaryl/α,β-unsaturated/α-hetero) is 1. The van der Waals surface area contributed by atoms with E-state index in [1.165, 1.54) is 7.05 Å². The molecule has 0 saturated carbocycles. The molecule has 0 rings (SSSR count). The van der Waals surface area contributed by atoms with Gasteiger partial charge in [0, 0.05) is 7.05 Å². The van der Waals surface area contributed by atoms with Gasteiger partial charge in [-0.05, 0) is 20.8 Å². The number of rotatable bonds is 6. The van der Waals surface area contributed by atoms with Gasteiger partial charge in [0.25, 0.3) is 0 Å². The van der Waals surface area contributed by atoms with Gasteiger partial charge in [0.1, 0.15) is 30.5 Å². The summed E-state index contributed by atoms with van der Waals surface area (Å²) in [6, 6.07) is 0. The van der Waals surface area contributed by atoms with Crippen molar-refractivity contribution in [3.05, 3.63) is 0 Å². The van der Waals surface area contributed by atoms with Crippen LogP contribution in [0.1, 0.15) is 20.8 Å². The van der Waals surface area contributed by atoms with Crippen LogP contribution in [0.25, 0.3) is 0 Å². The largest absolute Gasteiger partial charge is 0.444 e. The van der Waals surface area contributed by atoms with Crippen LogP contribution in [0.5, 0.6) is 0 Å². The first-order valence-corrected chi connectivity index (χ1v) is 6.11. The van der Waals surface area contributed by atoms with E-state index >= 15 is 0 Å². The summed E-state index contributed by atoms with van der Waals surface area (Å²) < 4.78 is 5.03. The van der Waals surface area contributed by atoms with Crippen LogP contribution < -0.4 is 0 Å². The minimum atomic E-state index is -1.91. The van der Waals surface area contributed by atoms with E-state index in [4.69, 9.17) is 9.84 Å². The Morgan fingerprint density at radius 2 is 1.70 bits per heavy atom. The lowest BCUT2D eigenvalue weighted by Gasteiger charge is -2.28. The lowest BCUT2D eigenvalue weighted by molar-refractivity contribution is -0.141. The standard InChI is InChI=1S/C12H23NO7/c1-12(2,3)20-11(19)13(4)5-7(15)9(17)10(18)8(16)6-14/h7,9-10,14-15,17-18H,5-6H2,1-4H3/t7-,9+,10+/m0/s1. The third-order valence-corrected chi connectivity index (χ3v) is 2.37. The highest BCUT2D eigenvalue weighted by Crippen LogP contribution is 2.10. The molecule has 0 aliphatic carbocycles. The average Bonchev–Trinajstić information content (AvgIpc) is 2.33. The molecule has 0 spiro atoms. The zero-order chi connectivity index (χ0) is 16.1. The van der Waals surface area contributed by atoms with E-state index in [-0.39, 0.29) is 6.54 Å². The van der Waals surface area contributed by atoms with E-state index in [1.54, 1.807) is 20.8 Å². The van der Waals surface area contributed by atoms with Crippen LogP contribution in [-0.2, 0) is 9.53 Å². The van der Waals surface area contributed by atoms with E-state index in [1.807, 2.05) is 0 Å². The van der Waals surface area contributed by atoms with Crippen molar-refractivity contribution in [1.82, 2.24) is 4.90 Å². The SMILES string of the molecule is CN(C[C@H](O)[C@@H](O)[C@H](O)C(=O)CO)C(=O)OC(C)(C)C. The molecule has 0 radical (unpaired) electrons. The number of amides is 1. The summed E-state index contributed by atoms with van der Waals surface area (Å²) in [6.07, 6.45) is -5.99. The summed E-state index contributed by atoms with van der Waals surface area (Å²) in [5.74, 6) is -1.02. The number of nitrogens with zero attached hydrogens (tertiary/aromatic N) is 1. The van der Waals surface area contributed by atoms with Crippen LogP contribution in [0.4, 0.5) is 4.79 Å². The summed E-state index contributed by atoms with van der Waals surface area (Å²) >= 11 is 0. The van der Waals surface area contributed by atoms with Gasteiger partial charge in [-0.25, -0.2) is 4.79 Å². The number of carbonyl (C=O) groups excluding carboxylic acids is 2. The minimum Gasteiger partial charge on any atom is -0.444 e. The zero-order valence-corrected chi connectivity index (χ0v) is 12.1. The molecule has 0 aromatic heterocycles. The Kier molecular flexibility index (Phi) is 7.07. The van der Waals surface area contributed by atoms with Crippen molar-refractivity contribution in [2.75, 3.05) is 20.2 Å². The monoisotopic (exact) mass is 293 g/mol. The molecule has 1 amide bonds. The molecule has 0 aliphatic heterocycles. The van der Waals surface area contributed by atoms with Crippen molar-refractivity contribution >= 4 is 11.9 Å². The van der Waals surface area contributed by atoms with E-state index in [2.05, 4.69) is 0 Å². The lowest BCUT2D eigenvalue weighted by Crippen LogP contribution is -2.49. The Labute approximate surface area is 117 Å². The molecule has 8 nitrogen and oxygen atoms in total. The zero-order valence-electron chi connectivity index (χ0n) is 12.1. The summed E-state index contributed by atoms with van der Waals surface area (Å²) in [5, 5.41) is 37.1. The Morgan fingerprint density at radius 1 is 1.20 bits per heavy atom. The Morgan fingerprint density at radius 3 is 2.10 bits per heavy atom. The van der Waals surface area contributed by atoms with Gasteiger partial charge < -0.3 is 30.1 Å². The van der Waals surface area contributed by atoms with Gasteiger partial charge in [0.2, 0.25) is 0 Å². The summed E-state index contributed by atoms with van der Waals surface area (Å²) in [6.45, 7) is 3.73. The molecule has 8 heteroatoms. The maximum atomic E-state index is 11.6. The predicted octanol–water partition coefficient (Wildman–Crippen LogP) is -1.50. The van der Waals surface area contributed by atoms with Crippen molar-refractivity contribution in [2.24, 2.45) is 0 Å². The molecule has 0 aromatic rings. The van der Waals surface area contributed by atoms with Crippen molar-refractivity contribution in [2.45, 2.75) is 44.7 Å². The fourth-order valence-electron chi connectivity index (χ4n) is 1.30. The second kappa shape index (κ2) is 7.53. The van der Waals surface area contributed by atoms with Gasteiger partial charge in [-0.3, -0.25) is 4.79 Å². The van der Waals surface area contributed by atoms with Crippen LogP contribution in [0.2, 0.25) is 0 Å². The number of hydrogen-bond acceptors (Lipinski definition) is 7. The number of ether oxygens (including phenoxy) is 1. The molecular formula is C12H23NO7. The van der Waals surface area contributed by atoms with E-state index < -0.39 is 42.4 Å². The van der Waals surface area contributed by atoms with Crippen LogP contribution in [0.15, 0.2) is 0 Å². The fraction of sp³-hybridized carbons (Fsp3) is 0.833. The molecule has 4 N–H and O–H groups in total. The molecular weight excluding hydrogens is 270 g/mol. The lowest BCUT2D eigenvalue weighted by atomic mass is 10.0. The van der Waals surface area contributed by atoms with E-state index in [9.17, 15) is 24.9 Å². The van der Waals surface area contributed by atoms with Crippen LogP contribution in [0, 0.1) is 0 Å². The molecule has 0 aromatic carbocycles. The highest BCUT2D eigenvalue weighted by atomic mass is 16.6. The number of ketones is 1. The van der Waals surface area contributed by atoms with Crippen molar-refractivity contribution in [1.29, 1.82) is 0 Å². The summed E-state index contributed by atoms with van der Waals surface area (Å²) in [7, 11) is 1.34. The number of carbonyl (C=O) groups is 2. The third-order valence-electron chi connectivity index (χ3n) is 2.37. The summed E-state index contributed by atoms with van der Waals surface area (Å²) in [4.78, 5) is 23.6. The van der Waals surface area contributed by atoms with Gasteiger partial charge >= 0.3 is 6.09 Å². The number of hydrogen-bond donors (Lipinski definition) is 4. The van der Waals surface area contributed by atoms with Crippen molar-refractivity contribution in [3.8, 4) is 0 Å². The first-order valence-electron chi connectivity index (χ1n) is 6.11. The van der Waals surface area contributed by atoms with Crippen molar-refractivity contribution in [3.63, 3.8) is 0 Å². The highest BCUT2D eigenvalue weighted by Gasteiger charge is 2.31. The van der Waals surface area contributed by atoms with Gasteiger partial charge in [0.05, 0.1) is 6.54 Å². The first-order chi connectivity index (χ1) is 8.99. The molecule has 0 heterocycles. The molecule has 3 atom stereocenters. The minimum absolute atomic E-state index is 0.341. The predicted molar refractivity (Wildman–Crippen MR) is 69.0 cm³/mol. The molecule has 0 bridgehead atoms. The Balaban J connectivity index is 4.48. The quantitative estimate of drug-likeness (QED) is 0.469. The molecule has 118 valence electrons. The smallest absolute Gasteiger partial charge is 0.410 e. The topological polar surface area (TPSA) is 128 Å². The van der Waals surface area contributed by atoms with Gasteiger partial charge in [-0.1, -0.05) is 0 Å². The fourth-order valence-corrected chi connectivity index (χ4v) is 1.30. The molecule has 20 heavy (non-hydrogen) atoms. The van der Waals surface area contributed by atoms with Crippen LogP contribution in [0.3, 0.4) is 0 Å². The van der Waals surface area contributed by atoms with Gasteiger partial charge in [-0.15, -0.1) is 0 Å². The Bertz CT molecular complexity index is 339. The van der Waals surface area contributed by atoms with Gasteiger partial charge in [0.15, 0.2) is 5.78 Å². The second-order valence-electron chi connectivity index (χ2n) is 5.49. The Hall–Kier alpha value is -1.22. The molecule has 0 aliphatic rings. The number of aliphatic hydroxyl groups is 4. The normalized spacial score (nSPS) is 16.2.